The number of rotatable bonds is 4. The first-order chi connectivity index (χ1) is 4.98. The fourth-order valence-corrected chi connectivity index (χ4v) is 0.466. The van der Waals surface area contributed by atoms with Gasteiger partial charge in [0.15, 0.2) is 0 Å². The number of alkyl halides is 2. The molecule has 0 saturated heterocycles. The van der Waals surface area contributed by atoms with Gasteiger partial charge < -0.3 is 5.32 Å². The van der Waals surface area contributed by atoms with Crippen LogP contribution < -0.4 is 16.6 Å². The molecule has 66 valence electrons. The van der Waals surface area contributed by atoms with E-state index >= 15 is 0 Å². The number of amides is 1. The Morgan fingerprint density at radius 1 is 1.55 bits per heavy atom. The second-order valence-electron chi connectivity index (χ2n) is 2.15. The molecule has 0 aliphatic carbocycles. The first-order valence-corrected chi connectivity index (χ1v) is 3.03. The minimum atomic E-state index is -2.99. The van der Waals surface area contributed by atoms with Crippen molar-refractivity contribution in [3.8, 4) is 0 Å². The molecule has 0 aromatic rings. The molecule has 0 fully saturated rings. The predicted octanol–water partition coefficient (Wildman–Crippen LogP) is -0.779. The van der Waals surface area contributed by atoms with E-state index < -0.39 is 24.9 Å². The van der Waals surface area contributed by atoms with E-state index in [1.54, 1.807) is 0 Å². The van der Waals surface area contributed by atoms with E-state index in [2.05, 4.69) is 5.84 Å². The van der Waals surface area contributed by atoms with E-state index in [0.717, 1.165) is 0 Å². The number of hydrogen-bond donors (Lipinski definition) is 3. The smallest absolute Gasteiger partial charge is 0.278 e. The fraction of sp³-hybridized carbons (Fsp3) is 0.800. The van der Waals surface area contributed by atoms with E-state index in [4.69, 9.17) is 0 Å². The van der Waals surface area contributed by atoms with Crippen LogP contribution in [0.5, 0.6) is 0 Å². The quantitative estimate of drug-likeness (QED) is 0.380. The van der Waals surface area contributed by atoms with Gasteiger partial charge in [-0.1, -0.05) is 0 Å². The average Bonchev–Trinajstić information content (AvgIpc) is 1.84. The van der Waals surface area contributed by atoms with E-state index in [0.29, 0.717) is 0 Å². The number of halogens is 2. The van der Waals surface area contributed by atoms with Crippen molar-refractivity contribution in [1.29, 1.82) is 0 Å². The second kappa shape index (κ2) is 4.20. The van der Waals surface area contributed by atoms with Crippen LogP contribution in [-0.4, -0.2) is 24.9 Å². The summed E-state index contributed by atoms with van der Waals surface area (Å²) in [5.41, 5.74) is 1.83. The molecule has 0 atom stereocenters. The van der Waals surface area contributed by atoms with Gasteiger partial charge in [-0.2, -0.15) is 0 Å². The lowest BCUT2D eigenvalue weighted by Crippen LogP contribution is -2.44. The highest BCUT2D eigenvalue weighted by Crippen LogP contribution is 2.08. The van der Waals surface area contributed by atoms with E-state index in [1.165, 1.54) is 6.92 Å². The zero-order chi connectivity index (χ0) is 8.91. The lowest BCUT2D eigenvalue weighted by atomic mass is 10.3. The third-order valence-corrected chi connectivity index (χ3v) is 0.957. The summed E-state index contributed by atoms with van der Waals surface area (Å²) in [6, 6.07) is 0. The van der Waals surface area contributed by atoms with E-state index in [1.807, 2.05) is 10.7 Å². The number of nitrogens with two attached hydrogens (primary N) is 1. The zero-order valence-corrected chi connectivity index (χ0v) is 6.16. The Morgan fingerprint density at radius 2 is 2.09 bits per heavy atom. The van der Waals surface area contributed by atoms with Crippen LogP contribution in [0.15, 0.2) is 0 Å². The molecule has 0 unspecified atom stereocenters. The summed E-state index contributed by atoms with van der Waals surface area (Å²) >= 11 is 0. The van der Waals surface area contributed by atoms with E-state index in [9.17, 15) is 13.6 Å². The third kappa shape index (κ3) is 5.68. The Labute approximate surface area is 63.1 Å². The standard InChI is InChI=1S/C5H11F2N3O/c1-4(11)9-2-5(6,7)3-10-8/h10H,2-3,8H2,1H3,(H,9,11). The lowest BCUT2D eigenvalue weighted by Gasteiger charge is -2.15. The van der Waals surface area contributed by atoms with Crippen molar-refractivity contribution in [2.24, 2.45) is 5.84 Å². The van der Waals surface area contributed by atoms with Crippen LogP contribution in [0.2, 0.25) is 0 Å². The summed E-state index contributed by atoms with van der Waals surface area (Å²) in [7, 11) is 0. The molecule has 0 aliphatic heterocycles. The Bertz CT molecular complexity index is 140. The maximum Gasteiger partial charge on any atom is 0.278 e. The molecule has 0 heterocycles. The van der Waals surface area contributed by atoms with Gasteiger partial charge >= 0.3 is 0 Å². The van der Waals surface area contributed by atoms with Gasteiger partial charge in [-0.15, -0.1) is 0 Å². The monoisotopic (exact) mass is 167 g/mol. The van der Waals surface area contributed by atoms with Gasteiger partial charge in [-0.05, 0) is 0 Å². The van der Waals surface area contributed by atoms with Crippen LogP contribution in [0.3, 0.4) is 0 Å². The van der Waals surface area contributed by atoms with Crippen LogP contribution >= 0.6 is 0 Å². The molecule has 0 rings (SSSR count). The first-order valence-electron chi connectivity index (χ1n) is 3.03. The number of hydrogen-bond acceptors (Lipinski definition) is 3. The van der Waals surface area contributed by atoms with Gasteiger partial charge in [-0.25, -0.2) is 8.78 Å². The van der Waals surface area contributed by atoms with Crippen LogP contribution in [0.4, 0.5) is 8.78 Å². The molecule has 0 radical (unpaired) electrons. The summed E-state index contributed by atoms with van der Waals surface area (Å²) in [4.78, 5) is 10.2. The minimum Gasteiger partial charge on any atom is -0.350 e. The fourth-order valence-electron chi connectivity index (χ4n) is 0.466. The average molecular weight is 167 g/mol. The molecule has 0 spiro atoms. The summed E-state index contributed by atoms with van der Waals surface area (Å²) in [5.74, 6) is 1.21. The topological polar surface area (TPSA) is 67.2 Å². The van der Waals surface area contributed by atoms with Crippen molar-refractivity contribution in [2.45, 2.75) is 12.8 Å². The van der Waals surface area contributed by atoms with Crippen LogP contribution in [0, 0.1) is 0 Å². The zero-order valence-electron chi connectivity index (χ0n) is 6.16. The molecule has 0 bridgehead atoms. The summed E-state index contributed by atoms with van der Waals surface area (Å²) < 4.78 is 24.9. The Morgan fingerprint density at radius 3 is 2.45 bits per heavy atom. The molecule has 1 amide bonds. The van der Waals surface area contributed by atoms with Gasteiger partial charge in [-0.3, -0.25) is 16.1 Å². The minimum absolute atomic E-state index is 0.485. The van der Waals surface area contributed by atoms with Gasteiger partial charge in [0, 0.05) is 6.92 Å². The Kier molecular flexibility index (Phi) is 3.91. The van der Waals surface area contributed by atoms with Crippen LogP contribution in [0.1, 0.15) is 6.92 Å². The molecule has 0 saturated carbocycles. The van der Waals surface area contributed by atoms with Crippen molar-refractivity contribution >= 4 is 5.91 Å². The predicted molar refractivity (Wildman–Crippen MR) is 35.8 cm³/mol. The van der Waals surface area contributed by atoms with Gasteiger partial charge in [0.25, 0.3) is 5.92 Å². The van der Waals surface area contributed by atoms with Crippen LogP contribution in [-0.2, 0) is 4.79 Å². The van der Waals surface area contributed by atoms with Crippen LogP contribution in [0.25, 0.3) is 0 Å². The van der Waals surface area contributed by atoms with Crippen molar-refractivity contribution in [2.75, 3.05) is 13.1 Å². The van der Waals surface area contributed by atoms with Crippen molar-refractivity contribution in [3.63, 3.8) is 0 Å². The molecule has 0 aromatic carbocycles. The van der Waals surface area contributed by atoms with Crippen molar-refractivity contribution in [3.05, 3.63) is 0 Å². The summed E-state index contributed by atoms with van der Waals surface area (Å²) in [6.07, 6.45) is 0. The van der Waals surface area contributed by atoms with Gasteiger partial charge in [0.1, 0.15) is 0 Å². The molecule has 0 aliphatic rings. The second-order valence-corrected chi connectivity index (χ2v) is 2.15. The SMILES string of the molecule is CC(=O)NCC(F)(F)CNN. The number of carbonyl (C=O) groups excluding carboxylic acids is 1. The maximum absolute atomic E-state index is 12.4. The lowest BCUT2D eigenvalue weighted by molar-refractivity contribution is -0.120. The number of hydrazine groups is 1. The Balaban J connectivity index is 3.63. The number of carbonyl (C=O) groups is 1. The molecule has 11 heavy (non-hydrogen) atoms. The third-order valence-electron chi connectivity index (χ3n) is 0.957. The van der Waals surface area contributed by atoms with Gasteiger partial charge in [0.05, 0.1) is 13.1 Å². The summed E-state index contributed by atoms with van der Waals surface area (Å²) in [5, 5.41) is 1.99. The Hall–Kier alpha value is -0.750. The molecule has 4 nitrogen and oxygen atoms in total. The summed E-state index contributed by atoms with van der Waals surface area (Å²) in [6.45, 7) is -0.161. The first kappa shape index (κ1) is 10.2. The molecule has 0 aromatic heterocycles. The maximum atomic E-state index is 12.4. The normalized spacial score (nSPS) is 11.3. The largest absolute Gasteiger partial charge is 0.350 e. The molecule has 6 heteroatoms. The molecule has 4 N–H and O–H groups in total. The van der Waals surface area contributed by atoms with E-state index in [-0.39, 0.29) is 0 Å². The highest BCUT2D eigenvalue weighted by molar-refractivity contribution is 5.72. The highest BCUT2D eigenvalue weighted by Gasteiger charge is 2.27. The van der Waals surface area contributed by atoms with Crippen molar-refractivity contribution in [1.82, 2.24) is 10.7 Å². The van der Waals surface area contributed by atoms with Crippen molar-refractivity contribution < 1.29 is 13.6 Å². The van der Waals surface area contributed by atoms with Gasteiger partial charge in [0.2, 0.25) is 5.91 Å². The number of nitrogens with one attached hydrogen (secondary N) is 2. The molecular weight excluding hydrogens is 156 g/mol. The molecular formula is C5H11F2N3O. The highest BCUT2D eigenvalue weighted by atomic mass is 19.3.